The van der Waals surface area contributed by atoms with Crippen molar-refractivity contribution in [3.05, 3.63) is 29.8 Å². The van der Waals surface area contributed by atoms with Gasteiger partial charge in [0.2, 0.25) is 0 Å². The smallest absolute Gasteiger partial charge is 0.119 e. The molecule has 0 aliphatic carbocycles. The molecule has 0 saturated heterocycles. The van der Waals surface area contributed by atoms with E-state index in [4.69, 9.17) is 16.3 Å². The zero-order valence-electron chi connectivity index (χ0n) is 9.27. The normalized spacial score (nSPS) is 14.5. The van der Waals surface area contributed by atoms with E-state index in [1.807, 2.05) is 6.92 Å². The van der Waals surface area contributed by atoms with Crippen LogP contribution in [0.15, 0.2) is 24.3 Å². The molecule has 16 heavy (non-hydrogen) atoms. The average molecular weight is 245 g/mol. The molecule has 1 rings (SSSR count). The number of aliphatic hydroxyl groups is 2. The minimum absolute atomic E-state index is 0.00918. The quantitative estimate of drug-likeness (QED) is 0.754. The summed E-state index contributed by atoms with van der Waals surface area (Å²) >= 11 is 5.46. The maximum atomic E-state index is 9.68. The van der Waals surface area contributed by atoms with Crippen LogP contribution in [0.5, 0.6) is 5.75 Å². The largest absolute Gasteiger partial charge is 0.494 e. The standard InChI is InChI=1S/C12H17ClO3/c1-2-7-16-10-5-3-9(4-6-10)12(15)11(14)8-13/h3-6,11-12,14-15H,2,7-8H2,1H3. The Morgan fingerprint density at radius 2 is 1.88 bits per heavy atom. The van der Waals surface area contributed by atoms with Crippen molar-refractivity contribution in [3.63, 3.8) is 0 Å². The lowest BCUT2D eigenvalue weighted by Crippen LogP contribution is -2.19. The van der Waals surface area contributed by atoms with Gasteiger partial charge < -0.3 is 14.9 Å². The summed E-state index contributed by atoms with van der Waals surface area (Å²) in [5, 5.41) is 19.1. The molecule has 0 aromatic heterocycles. The average Bonchev–Trinajstić information content (AvgIpc) is 2.35. The third kappa shape index (κ3) is 3.67. The van der Waals surface area contributed by atoms with Crippen LogP contribution in [0.4, 0.5) is 0 Å². The number of ether oxygens (including phenoxy) is 1. The highest BCUT2D eigenvalue weighted by molar-refractivity contribution is 6.18. The van der Waals surface area contributed by atoms with Crippen LogP contribution in [0.1, 0.15) is 25.0 Å². The summed E-state index contributed by atoms with van der Waals surface area (Å²) in [6, 6.07) is 7.00. The van der Waals surface area contributed by atoms with Gasteiger partial charge in [0.1, 0.15) is 11.9 Å². The molecule has 1 aromatic rings. The molecule has 0 heterocycles. The van der Waals surface area contributed by atoms with Gasteiger partial charge >= 0.3 is 0 Å². The fraction of sp³-hybridized carbons (Fsp3) is 0.500. The molecule has 0 saturated carbocycles. The fourth-order valence-electron chi connectivity index (χ4n) is 1.29. The molecule has 0 aliphatic rings. The first-order chi connectivity index (χ1) is 7.69. The topological polar surface area (TPSA) is 49.7 Å². The lowest BCUT2D eigenvalue weighted by molar-refractivity contribution is 0.0327. The molecule has 0 bridgehead atoms. The van der Waals surface area contributed by atoms with Crippen LogP contribution in [0, 0.1) is 0 Å². The van der Waals surface area contributed by atoms with Gasteiger partial charge in [-0.3, -0.25) is 0 Å². The molecule has 2 unspecified atom stereocenters. The van der Waals surface area contributed by atoms with Gasteiger partial charge in [0, 0.05) is 0 Å². The number of benzene rings is 1. The van der Waals surface area contributed by atoms with Crippen molar-refractivity contribution in [1.82, 2.24) is 0 Å². The minimum Gasteiger partial charge on any atom is -0.494 e. The van der Waals surface area contributed by atoms with Crippen molar-refractivity contribution < 1.29 is 14.9 Å². The van der Waals surface area contributed by atoms with E-state index in [-0.39, 0.29) is 5.88 Å². The maximum Gasteiger partial charge on any atom is 0.119 e. The molecule has 2 N–H and O–H groups in total. The van der Waals surface area contributed by atoms with Crippen LogP contribution >= 0.6 is 11.6 Å². The van der Waals surface area contributed by atoms with Crippen LogP contribution in [-0.4, -0.2) is 28.8 Å². The van der Waals surface area contributed by atoms with Crippen LogP contribution in [0.25, 0.3) is 0 Å². The van der Waals surface area contributed by atoms with Crippen molar-refractivity contribution >= 4 is 11.6 Å². The molecule has 0 fully saturated rings. The Balaban J connectivity index is 2.63. The highest BCUT2D eigenvalue weighted by Crippen LogP contribution is 2.21. The summed E-state index contributed by atoms with van der Waals surface area (Å²) in [6.45, 7) is 2.71. The van der Waals surface area contributed by atoms with Crippen molar-refractivity contribution in [3.8, 4) is 5.75 Å². The fourth-order valence-corrected chi connectivity index (χ4v) is 1.46. The maximum absolute atomic E-state index is 9.68. The van der Waals surface area contributed by atoms with E-state index < -0.39 is 12.2 Å². The third-order valence-corrected chi connectivity index (χ3v) is 2.53. The zero-order valence-corrected chi connectivity index (χ0v) is 10.0. The Labute approximate surface area is 101 Å². The van der Waals surface area contributed by atoms with E-state index in [0.717, 1.165) is 12.2 Å². The van der Waals surface area contributed by atoms with Gasteiger partial charge in [0.15, 0.2) is 0 Å². The highest BCUT2D eigenvalue weighted by atomic mass is 35.5. The van der Waals surface area contributed by atoms with Crippen molar-refractivity contribution in [2.24, 2.45) is 0 Å². The summed E-state index contributed by atoms with van der Waals surface area (Å²) in [5.74, 6) is 0.771. The number of aliphatic hydroxyl groups excluding tert-OH is 2. The van der Waals surface area contributed by atoms with Gasteiger partial charge in [-0.1, -0.05) is 19.1 Å². The zero-order chi connectivity index (χ0) is 12.0. The van der Waals surface area contributed by atoms with Gasteiger partial charge in [0.05, 0.1) is 18.6 Å². The second-order valence-electron chi connectivity index (χ2n) is 3.58. The van der Waals surface area contributed by atoms with Gasteiger partial charge in [-0.15, -0.1) is 11.6 Å². The molecular formula is C12H17ClO3. The first-order valence-electron chi connectivity index (χ1n) is 5.34. The van der Waals surface area contributed by atoms with E-state index in [1.54, 1.807) is 24.3 Å². The van der Waals surface area contributed by atoms with Gasteiger partial charge in [-0.2, -0.15) is 0 Å². The molecule has 2 atom stereocenters. The van der Waals surface area contributed by atoms with Crippen LogP contribution in [0.2, 0.25) is 0 Å². The molecule has 0 spiro atoms. The SMILES string of the molecule is CCCOc1ccc(C(O)C(O)CCl)cc1. The van der Waals surface area contributed by atoms with Crippen LogP contribution < -0.4 is 4.74 Å². The number of alkyl halides is 1. The molecule has 4 heteroatoms. The van der Waals surface area contributed by atoms with Gasteiger partial charge in [0.25, 0.3) is 0 Å². The molecule has 3 nitrogen and oxygen atoms in total. The lowest BCUT2D eigenvalue weighted by atomic mass is 10.1. The second-order valence-corrected chi connectivity index (χ2v) is 3.89. The summed E-state index contributed by atoms with van der Waals surface area (Å²) in [4.78, 5) is 0. The minimum atomic E-state index is -0.947. The highest BCUT2D eigenvalue weighted by Gasteiger charge is 2.16. The Kier molecular flexibility index (Phi) is 5.60. The van der Waals surface area contributed by atoms with Gasteiger partial charge in [-0.05, 0) is 24.1 Å². The summed E-state index contributed by atoms with van der Waals surface area (Å²) in [5.41, 5.74) is 0.636. The summed E-state index contributed by atoms with van der Waals surface area (Å²) < 4.78 is 5.41. The van der Waals surface area contributed by atoms with Crippen molar-refractivity contribution in [2.75, 3.05) is 12.5 Å². The Hall–Kier alpha value is -0.770. The molecule has 1 aromatic carbocycles. The molecule has 90 valence electrons. The third-order valence-electron chi connectivity index (χ3n) is 2.22. The number of halogens is 1. The first kappa shape index (κ1) is 13.3. The molecule has 0 radical (unpaired) electrons. The van der Waals surface area contributed by atoms with Crippen molar-refractivity contribution in [2.45, 2.75) is 25.6 Å². The predicted molar refractivity (Wildman–Crippen MR) is 63.9 cm³/mol. The molecule has 0 amide bonds. The lowest BCUT2D eigenvalue weighted by Gasteiger charge is -2.16. The molecular weight excluding hydrogens is 228 g/mol. The Morgan fingerprint density at radius 3 is 2.38 bits per heavy atom. The van der Waals surface area contributed by atoms with E-state index in [1.165, 1.54) is 0 Å². The van der Waals surface area contributed by atoms with Crippen LogP contribution in [-0.2, 0) is 0 Å². The summed E-state index contributed by atoms with van der Waals surface area (Å²) in [7, 11) is 0. The molecule has 0 aliphatic heterocycles. The van der Waals surface area contributed by atoms with E-state index >= 15 is 0 Å². The number of hydrogen-bond donors (Lipinski definition) is 2. The van der Waals surface area contributed by atoms with Crippen LogP contribution in [0.3, 0.4) is 0 Å². The second kappa shape index (κ2) is 6.74. The van der Waals surface area contributed by atoms with E-state index in [2.05, 4.69) is 0 Å². The Morgan fingerprint density at radius 1 is 1.25 bits per heavy atom. The number of rotatable bonds is 6. The van der Waals surface area contributed by atoms with Crippen molar-refractivity contribution in [1.29, 1.82) is 0 Å². The Bertz CT molecular complexity index is 300. The number of hydrogen-bond acceptors (Lipinski definition) is 3. The van der Waals surface area contributed by atoms with E-state index in [0.29, 0.717) is 12.2 Å². The van der Waals surface area contributed by atoms with Gasteiger partial charge in [-0.25, -0.2) is 0 Å². The van der Waals surface area contributed by atoms with E-state index in [9.17, 15) is 10.2 Å². The first-order valence-corrected chi connectivity index (χ1v) is 5.87. The predicted octanol–water partition coefficient (Wildman–Crippen LogP) is 2.11. The monoisotopic (exact) mass is 244 g/mol. The summed E-state index contributed by atoms with van der Waals surface area (Å²) in [6.07, 6.45) is -0.934.